The monoisotopic (exact) mass is 369 g/mol. The normalized spacial score (nSPS) is 19.8. The van der Waals surface area contributed by atoms with Crippen LogP contribution in [0.3, 0.4) is 0 Å². The Labute approximate surface area is 164 Å². The van der Waals surface area contributed by atoms with Gasteiger partial charge in [0, 0.05) is 29.7 Å². The second-order valence-electron chi connectivity index (χ2n) is 7.59. The molecule has 0 spiro atoms. The van der Waals surface area contributed by atoms with Gasteiger partial charge in [-0.25, -0.2) is 0 Å². The van der Waals surface area contributed by atoms with E-state index in [1.54, 1.807) is 12.4 Å². The molecule has 28 heavy (non-hydrogen) atoms. The van der Waals surface area contributed by atoms with Crippen molar-refractivity contribution in [2.45, 2.75) is 37.8 Å². The molecule has 0 saturated heterocycles. The molecule has 2 heterocycles. The van der Waals surface area contributed by atoms with Crippen molar-refractivity contribution in [1.29, 1.82) is 0 Å². The molecule has 140 valence electrons. The Hall–Kier alpha value is -2.98. The van der Waals surface area contributed by atoms with E-state index in [1.807, 2.05) is 16.8 Å². The topological polar surface area (TPSA) is 50.9 Å². The van der Waals surface area contributed by atoms with Crippen molar-refractivity contribution in [3.63, 3.8) is 0 Å². The summed E-state index contributed by atoms with van der Waals surface area (Å²) in [4.78, 5) is 4.15. The Balaban J connectivity index is 1.66. The molecule has 1 fully saturated rings. The molecule has 0 radical (unpaired) electrons. The Bertz CT molecular complexity index is 1100. The minimum atomic E-state index is -0.330. The van der Waals surface area contributed by atoms with Crippen LogP contribution in [-0.2, 0) is 0 Å². The number of pyridine rings is 1. The zero-order valence-corrected chi connectivity index (χ0v) is 15.7. The molecule has 1 aliphatic carbocycles. The lowest BCUT2D eigenvalue weighted by Gasteiger charge is -2.27. The van der Waals surface area contributed by atoms with Gasteiger partial charge in [0.25, 0.3) is 0 Å². The van der Waals surface area contributed by atoms with Gasteiger partial charge in [0.15, 0.2) is 0 Å². The summed E-state index contributed by atoms with van der Waals surface area (Å²) in [5.41, 5.74) is 4.22. The van der Waals surface area contributed by atoms with Crippen LogP contribution in [0.2, 0.25) is 0 Å². The van der Waals surface area contributed by atoms with E-state index < -0.39 is 0 Å². The van der Waals surface area contributed by atoms with Crippen molar-refractivity contribution < 1.29 is 5.11 Å². The van der Waals surface area contributed by atoms with Crippen LogP contribution in [0, 0.1) is 0 Å². The van der Waals surface area contributed by atoms with Gasteiger partial charge in [-0.3, -0.25) is 9.67 Å². The number of fused-ring (bicyclic) bond motifs is 1. The summed E-state index contributed by atoms with van der Waals surface area (Å²) in [6.07, 6.45) is 9.42. The summed E-state index contributed by atoms with van der Waals surface area (Å²) in [5, 5.41) is 17.9. The molecule has 1 saturated carbocycles. The van der Waals surface area contributed by atoms with Gasteiger partial charge in [-0.2, -0.15) is 5.10 Å². The fourth-order valence-electron chi connectivity index (χ4n) is 4.25. The lowest BCUT2D eigenvalue weighted by molar-refractivity contribution is 0.0696. The summed E-state index contributed by atoms with van der Waals surface area (Å²) >= 11 is 0. The smallest absolute Gasteiger partial charge is 0.100 e. The molecule has 2 atom stereocenters. The minimum Gasteiger partial charge on any atom is -0.391 e. The highest BCUT2D eigenvalue weighted by Gasteiger charge is 2.27. The van der Waals surface area contributed by atoms with Crippen LogP contribution in [0.5, 0.6) is 0 Å². The highest BCUT2D eigenvalue weighted by atomic mass is 16.3. The first kappa shape index (κ1) is 17.1. The predicted molar refractivity (Wildman–Crippen MR) is 112 cm³/mol. The van der Waals surface area contributed by atoms with Crippen LogP contribution >= 0.6 is 0 Å². The third-order valence-corrected chi connectivity index (χ3v) is 5.78. The highest BCUT2D eigenvalue weighted by Crippen LogP contribution is 2.36. The van der Waals surface area contributed by atoms with Gasteiger partial charge in [0.1, 0.15) is 5.69 Å². The molecule has 5 rings (SSSR count). The number of rotatable bonds is 3. The number of aromatic nitrogens is 3. The van der Waals surface area contributed by atoms with Crippen molar-refractivity contribution in [2.24, 2.45) is 0 Å². The van der Waals surface area contributed by atoms with E-state index in [1.165, 1.54) is 10.8 Å². The molecule has 2 aromatic heterocycles. The molecule has 0 bridgehead atoms. The van der Waals surface area contributed by atoms with E-state index in [4.69, 9.17) is 5.10 Å². The van der Waals surface area contributed by atoms with Gasteiger partial charge in [-0.05, 0) is 47.4 Å². The van der Waals surface area contributed by atoms with Crippen LogP contribution in [0.4, 0.5) is 0 Å². The van der Waals surface area contributed by atoms with Gasteiger partial charge in [-0.1, -0.05) is 49.2 Å². The van der Waals surface area contributed by atoms with Crippen LogP contribution in [0.15, 0.2) is 73.2 Å². The summed E-state index contributed by atoms with van der Waals surface area (Å²) in [6, 6.07) is 19.0. The first-order valence-electron chi connectivity index (χ1n) is 9.96. The zero-order chi connectivity index (χ0) is 18.9. The standard InChI is InChI=1S/C24H23N3O/c28-23-8-4-3-7-22(23)27-16-21(24(26-27)18-11-13-25-14-12-18)20-10-9-17-5-1-2-6-19(17)15-20/h1-2,5-6,9-16,22-23,28H,3-4,7-8H2/t22-,23-/m0/s1. The van der Waals surface area contributed by atoms with Gasteiger partial charge in [0.2, 0.25) is 0 Å². The number of aliphatic hydroxyl groups is 1. The molecule has 4 aromatic rings. The molecule has 0 unspecified atom stereocenters. The second-order valence-corrected chi connectivity index (χ2v) is 7.59. The molecular weight excluding hydrogens is 346 g/mol. The largest absolute Gasteiger partial charge is 0.391 e. The quantitative estimate of drug-likeness (QED) is 0.537. The maximum absolute atomic E-state index is 10.5. The van der Waals surface area contributed by atoms with Crippen molar-refractivity contribution in [3.8, 4) is 22.4 Å². The van der Waals surface area contributed by atoms with E-state index in [0.717, 1.165) is 48.1 Å². The first-order valence-corrected chi connectivity index (χ1v) is 9.96. The minimum absolute atomic E-state index is 0.0449. The van der Waals surface area contributed by atoms with Crippen molar-refractivity contribution >= 4 is 10.8 Å². The number of benzene rings is 2. The molecular formula is C24H23N3O. The Morgan fingerprint density at radius 1 is 0.857 bits per heavy atom. The van der Waals surface area contributed by atoms with E-state index in [2.05, 4.69) is 53.6 Å². The van der Waals surface area contributed by atoms with Crippen molar-refractivity contribution in [1.82, 2.24) is 14.8 Å². The van der Waals surface area contributed by atoms with E-state index >= 15 is 0 Å². The number of aliphatic hydroxyl groups excluding tert-OH is 1. The maximum Gasteiger partial charge on any atom is 0.100 e. The maximum atomic E-state index is 10.5. The van der Waals surface area contributed by atoms with Gasteiger partial charge in [-0.15, -0.1) is 0 Å². The molecule has 4 nitrogen and oxygen atoms in total. The fraction of sp³-hybridized carbons (Fsp3) is 0.250. The Morgan fingerprint density at radius 2 is 1.64 bits per heavy atom. The summed E-state index contributed by atoms with van der Waals surface area (Å²) in [5.74, 6) is 0. The predicted octanol–water partition coefficient (Wildman–Crippen LogP) is 5.24. The van der Waals surface area contributed by atoms with E-state index in [-0.39, 0.29) is 12.1 Å². The molecule has 1 N–H and O–H groups in total. The summed E-state index contributed by atoms with van der Waals surface area (Å²) in [7, 11) is 0. The Kier molecular flexibility index (Phi) is 4.41. The van der Waals surface area contributed by atoms with Crippen LogP contribution in [0.25, 0.3) is 33.2 Å². The van der Waals surface area contributed by atoms with Crippen molar-refractivity contribution in [2.75, 3.05) is 0 Å². The van der Waals surface area contributed by atoms with Crippen LogP contribution in [-0.4, -0.2) is 26.0 Å². The van der Waals surface area contributed by atoms with Gasteiger partial charge < -0.3 is 5.11 Å². The number of hydrogen-bond donors (Lipinski definition) is 1. The van der Waals surface area contributed by atoms with Crippen molar-refractivity contribution in [3.05, 3.63) is 73.2 Å². The third kappa shape index (κ3) is 3.10. The second kappa shape index (κ2) is 7.21. The number of nitrogens with zero attached hydrogens (tertiary/aromatic N) is 3. The molecule has 4 heteroatoms. The molecule has 0 aliphatic heterocycles. The summed E-state index contributed by atoms with van der Waals surface area (Å²) in [6.45, 7) is 0. The highest BCUT2D eigenvalue weighted by molar-refractivity contribution is 5.90. The fourth-order valence-corrected chi connectivity index (χ4v) is 4.25. The van der Waals surface area contributed by atoms with Gasteiger partial charge in [0.05, 0.1) is 12.1 Å². The van der Waals surface area contributed by atoms with Crippen LogP contribution < -0.4 is 0 Å². The number of hydrogen-bond acceptors (Lipinski definition) is 3. The first-order chi connectivity index (χ1) is 13.8. The van der Waals surface area contributed by atoms with Crippen LogP contribution in [0.1, 0.15) is 31.7 Å². The Morgan fingerprint density at radius 3 is 2.46 bits per heavy atom. The molecule has 1 aliphatic rings. The van der Waals surface area contributed by atoms with Gasteiger partial charge >= 0.3 is 0 Å². The zero-order valence-electron chi connectivity index (χ0n) is 15.7. The summed E-state index contributed by atoms with van der Waals surface area (Å²) < 4.78 is 1.99. The third-order valence-electron chi connectivity index (χ3n) is 5.78. The lowest BCUT2D eigenvalue weighted by Crippen LogP contribution is -2.27. The van der Waals surface area contributed by atoms with E-state index in [9.17, 15) is 5.11 Å². The SMILES string of the molecule is O[C@H]1CCCC[C@@H]1n1cc(-c2ccc3ccccc3c2)c(-c2ccncc2)n1. The average molecular weight is 369 g/mol. The molecule has 2 aromatic carbocycles. The average Bonchev–Trinajstić information content (AvgIpc) is 3.19. The van der Waals surface area contributed by atoms with E-state index in [0.29, 0.717) is 0 Å². The molecule has 0 amide bonds. The lowest BCUT2D eigenvalue weighted by atomic mass is 9.93.